The van der Waals surface area contributed by atoms with E-state index in [4.69, 9.17) is 44.7 Å². The second-order valence-electron chi connectivity index (χ2n) is 9.08. The van der Waals surface area contributed by atoms with Crippen molar-refractivity contribution in [2.45, 2.75) is 13.0 Å². The van der Waals surface area contributed by atoms with Crippen LogP contribution in [-0.2, 0) is 9.53 Å². The van der Waals surface area contributed by atoms with Gasteiger partial charge in [0.25, 0.3) is 5.97 Å². The van der Waals surface area contributed by atoms with Gasteiger partial charge in [-0.3, -0.25) is 15.2 Å². The summed E-state index contributed by atoms with van der Waals surface area (Å²) in [7, 11) is 6.18. The van der Waals surface area contributed by atoms with E-state index in [0.717, 1.165) is 6.92 Å². The van der Waals surface area contributed by atoms with Gasteiger partial charge >= 0.3 is 5.69 Å². The molecule has 4 rings (SSSR count). The zero-order valence-electron chi connectivity index (χ0n) is 25.0. The minimum atomic E-state index is -0.833. The summed E-state index contributed by atoms with van der Waals surface area (Å²) in [5.41, 5.74) is 7.60. The first kappa shape index (κ1) is 33.0. The van der Waals surface area contributed by atoms with Crippen molar-refractivity contribution in [3.8, 4) is 28.7 Å². The van der Waals surface area contributed by atoms with Crippen LogP contribution >= 0.6 is 0 Å². The summed E-state index contributed by atoms with van der Waals surface area (Å²) in [5.74, 6) is 1.22. The average Bonchev–Trinajstić information content (AvgIpc) is 3.40. The lowest BCUT2D eigenvalue weighted by Gasteiger charge is -2.22. The third-order valence-corrected chi connectivity index (χ3v) is 6.08. The molecule has 6 N–H and O–H groups in total. The van der Waals surface area contributed by atoms with Crippen LogP contribution in [0.15, 0.2) is 65.5 Å². The Morgan fingerprint density at radius 3 is 2.14 bits per heavy atom. The summed E-state index contributed by atoms with van der Waals surface area (Å²) in [6, 6.07) is 17.0. The van der Waals surface area contributed by atoms with E-state index in [1.165, 1.54) is 26.0 Å². The van der Waals surface area contributed by atoms with Crippen molar-refractivity contribution in [1.29, 1.82) is 5.41 Å². The number of anilines is 1. The van der Waals surface area contributed by atoms with Gasteiger partial charge in [-0.15, -0.1) is 5.10 Å². The number of hydrogen-bond donors (Lipinski definition) is 5. The fraction of sp³-hybridized carbons (Fsp3) is 0.267. The highest BCUT2D eigenvalue weighted by molar-refractivity contribution is 5.95. The molecule has 0 fully saturated rings. The summed E-state index contributed by atoms with van der Waals surface area (Å²) >= 11 is 0. The molecule has 4 aromatic rings. The van der Waals surface area contributed by atoms with Gasteiger partial charge in [0.1, 0.15) is 29.9 Å². The van der Waals surface area contributed by atoms with Crippen LogP contribution in [0, 0.1) is 5.41 Å². The van der Waals surface area contributed by atoms with E-state index in [9.17, 15) is 4.79 Å². The van der Waals surface area contributed by atoms with Gasteiger partial charge in [-0.1, -0.05) is 12.1 Å². The lowest BCUT2D eigenvalue weighted by Crippen LogP contribution is -2.17. The highest BCUT2D eigenvalue weighted by Gasteiger charge is 2.25. The quantitative estimate of drug-likeness (QED) is 0.0849. The lowest BCUT2D eigenvalue weighted by atomic mass is 10.0. The summed E-state index contributed by atoms with van der Waals surface area (Å²) in [6.07, 6.45) is 0. The second-order valence-corrected chi connectivity index (χ2v) is 9.08. The Morgan fingerprint density at radius 2 is 1.59 bits per heavy atom. The van der Waals surface area contributed by atoms with Crippen LogP contribution in [-0.4, -0.2) is 73.3 Å². The van der Waals surface area contributed by atoms with Crippen molar-refractivity contribution < 1.29 is 33.6 Å². The van der Waals surface area contributed by atoms with Gasteiger partial charge < -0.3 is 39.8 Å². The second kappa shape index (κ2) is 15.7. The molecule has 0 radical (unpaired) electrons. The first-order valence-electron chi connectivity index (χ1n) is 13.2. The molecule has 0 aliphatic heterocycles. The first-order chi connectivity index (χ1) is 21.1. The summed E-state index contributed by atoms with van der Waals surface area (Å²) < 4.78 is 28.9. The van der Waals surface area contributed by atoms with Gasteiger partial charge in [-0.05, 0) is 54.1 Å². The number of carboxylic acids is 1. The number of ether oxygens (including phenoxy) is 5. The van der Waals surface area contributed by atoms with Crippen LogP contribution in [0.1, 0.15) is 29.9 Å². The molecule has 0 saturated heterocycles. The molecule has 0 bridgehead atoms. The number of H-pyrrole nitrogens is 1. The molecule has 0 aliphatic carbocycles. The van der Waals surface area contributed by atoms with Crippen LogP contribution in [0.25, 0.3) is 5.69 Å². The maximum atomic E-state index is 13.1. The Morgan fingerprint density at radius 1 is 1.00 bits per heavy atom. The number of aromatic nitrogens is 3. The van der Waals surface area contributed by atoms with Crippen molar-refractivity contribution in [3.63, 3.8) is 0 Å². The molecule has 3 aromatic carbocycles. The summed E-state index contributed by atoms with van der Waals surface area (Å²) in [5, 5.41) is 23.1. The maximum Gasteiger partial charge on any atom is 0.348 e. The SMILES string of the molecule is CC(=O)O.COCCOc1c(OC)cc(C(Nc2ccc(C(=N)N)cc2)c2nn(-c3ccccc3OC)c(=O)[nH]2)cc1OC. The van der Waals surface area contributed by atoms with E-state index in [0.29, 0.717) is 64.5 Å². The molecular weight excluding hydrogens is 572 g/mol. The molecule has 1 unspecified atom stereocenters. The van der Waals surface area contributed by atoms with Crippen molar-refractivity contribution in [1.82, 2.24) is 14.8 Å². The Kier molecular flexibility index (Phi) is 11.7. The third kappa shape index (κ3) is 8.29. The van der Waals surface area contributed by atoms with Gasteiger partial charge in [-0.2, -0.15) is 4.68 Å². The monoisotopic (exact) mass is 608 g/mol. The number of nitrogens with zero attached hydrogens (tertiary/aromatic N) is 2. The van der Waals surface area contributed by atoms with E-state index >= 15 is 0 Å². The Bertz CT molecular complexity index is 1590. The van der Waals surface area contributed by atoms with Gasteiger partial charge in [0.05, 0.1) is 27.9 Å². The fourth-order valence-electron chi connectivity index (χ4n) is 4.10. The zero-order chi connectivity index (χ0) is 32.2. The van der Waals surface area contributed by atoms with E-state index in [-0.39, 0.29) is 5.84 Å². The lowest BCUT2D eigenvalue weighted by molar-refractivity contribution is -0.134. The van der Waals surface area contributed by atoms with Gasteiger partial charge in [-0.25, -0.2) is 4.79 Å². The van der Waals surface area contributed by atoms with Crippen molar-refractivity contribution in [2.24, 2.45) is 5.73 Å². The van der Waals surface area contributed by atoms with E-state index < -0.39 is 17.7 Å². The smallest absolute Gasteiger partial charge is 0.348 e. The number of carboxylic acid groups (broad SMARTS) is 1. The molecule has 14 nitrogen and oxygen atoms in total. The zero-order valence-corrected chi connectivity index (χ0v) is 25.0. The number of nitrogens with two attached hydrogens (primary N) is 1. The molecule has 44 heavy (non-hydrogen) atoms. The number of benzene rings is 3. The molecule has 0 spiro atoms. The van der Waals surface area contributed by atoms with Crippen LogP contribution in [0.3, 0.4) is 0 Å². The average molecular weight is 609 g/mol. The van der Waals surface area contributed by atoms with Crippen molar-refractivity contribution >= 4 is 17.5 Å². The minimum absolute atomic E-state index is 0.0403. The molecule has 234 valence electrons. The molecule has 1 aromatic heterocycles. The molecule has 0 aliphatic rings. The molecule has 14 heteroatoms. The number of methoxy groups -OCH3 is 4. The Hall–Kier alpha value is -5.50. The number of carbonyl (C=O) groups is 1. The topological polar surface area (TPSA) is 196 Å². The largest absolute Gasteiger partial charge is 0.494 e. The highest BCUT2D eigenvalue weighted by atomic mass is 16.6. The summed E-state index contributed by atoms with van der Waals surface area (Å²) in [6.45, 7) is 1.76. The van der Waals surface area contributed by atoms with Gasteiger partial charge in [0.15, 0.2) is 17.3 Å². The molecule has 0 amide bonds. The van der Waals surface area contributed by atoms with E-state index in [2.05, 4.69) is 15.4 Å². The van der Waals surface area contributed by atoms with Crippen LogP contribution in [0.5, 0.6) is 23.0 Å². The normalized spacial score (nSPS) is 11.0. The number of para-hydroxylation sites is 2. The molecule has 0 saturated carbocycles. The predicted octanol–water partition coefficient (Wildman–Crippen LogP) is 3.19. The molecule has 1 heterocycles. The van der Waals surface area contributed by atoms with Crippen LogP contribution < -0.4 is 35.7 Å². The fourth-order valence-corrected chi connectivity index (χ4v) is 4.10. The van der Waals surface area contributed by atoms with Crippen LogP contribution in [0.4, 0.5) is 5.69 Å². The number of rotatable bonds is 13. The third-order valence-electron chi connectivity index (χ3n) is 6.08. The predicted molar refractivity (Wildman–Crippen MR) is 164 cm³/mol. The maximum absolute atomic E-state index is 13.1. The van der Waals surface area contributed by atoms with E-state index in [1.54, 1.807) is 61.7 Å². The minimum Gasteiger partial charge on any atom is -0.494 e. The van der Waals surface area contributed by atoms with Crippen LogP contribution in [0.2, 0.25) is 0 Å². The molecular formula is C30H36N6O8. The Balaban J connectivity index is 0.00000124. The van der Waals surface area contributed by atoms with E-state index in [1.807, 2.05) is 6.07 Å². The first-order valence-corrected chi connectivity index (χ1v) is 13.2. The van der Waals surface area contributed by atoms with Gasteiger partial charge in [0.2, 0.25) is 5.75 Å². The van der Waals surface area contributed by atoms with Gasteiger partial charge in [0, 0.05) is 25.3 Å². The molecule has 1 atom stereocenters. The van der Waals surface area contributed by atoms with Crippen molar-refractivity contribution in [2.75, 3.05) is 47.0 Å². The number of hydrogen-bond acceptors (Lipinski definition) is 10. The summed E-state index contributed by atoms with van der Waals surface area (Å²) in [4.78, 5) is 25.0. The number of amidine groups is 1. The highest BCUT2D eigenvalue weighted by Crippen LogP contribution is 2.41. The van der Waals surface area contributed by atoms with Crippen molar-refractivity contribution in [3.05, 3.63) is 88.1 Å². The number of aromatic amines is 1. The number of aliphatic carboxylic acids is 1. The standard InChI is InChI=1S/C28H32N6O6.C2H4O2/c1-36-13-14-40-25-22(38-3)15-18(16-23(25)39-4)24(31-19-11-9-17(10-12-19)26(29)30)27-32-28(35)34(33-27)20-7-5-6-8-21(20)37-2;1-2(3)4/h5-12,15-16,24,31H,13-14H2,1-4H3,(H3,29,30)(H,32,33,35);1H3,(H,3,4). The number of nitrogens with one attached hydrogen (secondary N) is 3. The Labute approximate surface area is 253 Å². The number of nitrogen functional groups attached to an aromatic ring is 1.